The smallest absolute Gasteiger partial charge is 0.254 e. The van der Waals surface area contributed by atoms with E-state index in [4.69, 9.17) is 0 Å². The van der Waals surface area contributed by atoms with Gasteiger partial charge in [-0.1, -0.05) is 22.0 Å². The van der Waals surface area contributed by atoms with Gasteiger partial charge >= 0.3 is 0 Å². The molecule has 21 heavy (non-hydrogen) atoms. The van der Waals surface area contributed by atoms with Gasteiger partial charge in [0, 0.05) is 36.2 Å². The molecule has 1 aromatic carbocycles. The van der Waals surface area contributed by atoms with Crippen LogP contribution in [0.5, 0.6) is 0 Å². The van der Waals surface area contributed by atoms with Crippen molar-refractivity contribution < 1.29 is 9.59 Å². The van der Waals surface area contributed by atoms with Crippen molar-refractivity contribution in [2.24, 2.45) is 0 Å². The lowest BCUT2D eigenvalue weighted by molar-refractivity contribution is -0.126. The summed E-state index contributed by atoms with van der Waals surface area (Å²) in [7, 11) is 0. The zero-order valence-electron chi connectivity index (χ0n) is 12.3. The number of rotatable bonds is 3. The number of amides is 2. The maximum atomic E-state index is 12.8. The summed E-state index contributed by atoms with van der Waals surface area (Å²) in [6.45, 7) is 6.07. The SMILES string of the molecule is CCNC(=O)C1CNCCN1C(=O)c1cc(Br)ccc1C. The van der Waals surface area contributed by atoms with E-state index in [1.54, 1.807) is 4.90 Å². The molecule has 0 radical (unpaired) electrons. The molecule has 0 saturated carbocycles. The molecule has 0 aromatic heterocycles. The molecule has 2 amide bonds. The van der Waals surface area contributed by atoms with E-state index in [9.17, 15) is 9.59 Å². The van der Waals surface area contributed by atoms with Crippen LogP contribution in [0.3, 0.4) is 0 Å². The van der Waals surface area contributed by atoms with Gasteiger partial charge in [-0.15, -0.1) is 0 Å². The predicted molar refractivity (Wildman–Crippen MR) is 85.3 cm³/mol. The minimum absolute atomic E-state index is 0.0912. The fourth-order valence-corrected chi connectivity index (χ4v) is 2.81. The summed E-state index contributed by atoms with van der Waals surface area (Å²) in [6.07, 6.45) is 0. The van der Waals surface area contributed by atoms with E-state index in [2.05, 4.69) is 26.6 Å². The van der Waals surface area contributed by atoms with Crippen molar-refractivity contribution in [2.45, 2.75) is 19.9 Å². The van der Waals surface area contributed by atoms with Crippen molar-refractivity contribution in [1.82, 2.24) is 15.5 Å². The molecule has 114 valence electrons. The van der Waals surface area contributed by atoms with E-state index >= 15 is 0 Å². The van der Waals surface area contributed by atoms with E-state index in [-0.39, 0.29) is 11.8 Å². The molecule has 0 spiro atoms. The van der Waals surface area contributed by atoms with E-state index in [1.807, 2.05) is 32.0 Å². The molecule has 1 saturated heterocycles. The summed E-state index contributed by atoms with van der Waals surface area (Å²) < 4.78 is 0.862. The third kappa shape index (κ3) is 3.63. The van der Waals surface area contributed by atoms with Crippen molar-refractivity contribution in [3.8, 4) is 0 Å². The number of hydrogen-bond donors (Lipinski definition) is 2. The first kappa shape index (κ1) is 16.0. The molecular formula is C15H20BrN3O2. The minimum atomic E-state index is -0.454. The largest absolute Gasteiger partial charge is 0.355 e. The van der Waals surface area contributed by atoms with Crippen LogP contribution in [0.25, 0.3) is 0 Å². The van der Waals surface area contributed by atoms with Crippen LogP contribution in [-0.4, -0.2) is 48.9 Å². The average Bonchev–Trinajstić information content (AvgIpc) is 2.49. The highest BCUT2D eigenvalue weighted by molar-refractivity contribution is 9.10. The van der Waals surface area contributed by atoms with Crippen LogP contribution in [0.4, 0.5) is 0 Å². The monoisotopic (exact) mass is 353 g/mol. The fraction of sp³-hybridized carbons (Fsp3) is 0.467. The summed E-state index contributed by atoms with van der Waals surface area (Å²) in [5, 5.41) is 5.97. The zero-order valence-corrected chi connectivity index (χ0v) is 13.9. The van der Waals surface area contributed by atoms with Crippen LogP contribution in [0.15, 0.2) is 22.7 Å². The summed E-state index contributed by atoms with van der Waals surface area (Å²) in [4.78, 5) is 26.6. The molecular weight excluding hydrogens is 334 g/mol. The Kier molecular flexibility index (Phi) is 5.36. The van der Waals surface area contributed by atoms with E-state index in [0.717, 1.165) is 10.0 Å². The maximum absolute atomic E-state index is 12.8. The van der Waals surface area contributed by atoms with Gasteiger partial charge in [-0.3, -0.25) is 9.59 Å². The Labute approximate surface area is 133 Å². The van der Waals surface area contributed by atoms with Crippen LogP contribution >= 0.6 is 15.9 Å². The topological polar surface area (TPSA) is 61.4 Å². The number of hydrogen-bond acceptors (Lipinski definition) is 3. The van der Waals surface area contributed by atoms with Gasteiger partial charge in [-0.05, 0) is 31.5 Å². The quantitative estimate of drug-likeness (QED) is 0.861. The highest BCUT2D eigenvalue weighted by atomic mass is 79.9. The first-order valence-corrected chi connectivity index (χ1v) is 7.89. The van der Waals surface area contributed by atoms with Gasteiger partial charge < -0.3 is 15.5 Å². The first-order chi connectivity index (χ1) is 10.0. The average molecular weight is 354 g/mol. The molecule has 1 aliphatic heterocycles. The number of piperazine rings is 1. The number of likely N-dealkylation sites (N-methyl/N-ethyl adjacent to an activating group) is 1. The Hall–Kier alpha value is -1.40. The Bertz CT molecular complexity index is 548. The number of benzene rings is 1. The number of carbonyl (C=O) groups is 2. The van der Waals surface area contributed by atoms with Crippen molar-refractivity contribution >= 4 is 27.7 Å². The third-order valence-electron chi connectivity index (χ3n) is 3.59. The molecule has 1 aliphatic rings. The molecule has 1 unspecified atom stereocenters. The van der Waals surface area contributed by atoms with Gasteiger partial charge in [-0.2, -0.15) is 0 Å². The molecule has 2 N–H and O–H groups in total. The van der Waals surface area contributed by atoms with Crippen molar-refractivity contribution in [2.75, 3.05) is 26.2 Å². The van der Waals surface area contributed by atoms with E-state index in [0.29, 0.717) is 31.7 Å². The van der Waals surface area contributed by atoms with Gasteiger partial charge in [0.2, 0.25) is 5.91 Å². The molecule has 1 atom stereocenters. The summed E-state index contributed by atoms with van der Waals surface area (Å²) in [6, 6.07) is 5.17. The second-order valence-corrected chi connectivity index (χ2v) is 5.99. The van der Waals surface area contributed by atoms with Gasteiger partial charge in [0.05, 0.1) is 0 Å². The molecule has 6 heteroatoms. The molecule has 2 rings (SSSR count). The maximum Gasteiger partial charge on any atom is 0.254 e. The van der Waals surface area contributed by atoms with Crippen LogP contribution in [0.1, 0.15) is 22.8 Å². The summed E-state index contributed by atoms with van der Waals surface area (Å²) in [5.41, 5.74) is 1.55. The molecule has 0 aliphatic carbocycles. The number of nitrogens with zero attached hydrogens (tertiary/aromatic N) is 1. The number of halogens is 1. The van der Waals surface area contributed by atoms with E-state index < -0.39 is 6.04 Å². The van der Waals surface area contributed by atoms with Gasteiger partial charge in [0.1, 0.15) is 6.04 Å². The van der Waals surface area contributed by atoms with Crippen molar-refractivity contribution in [1.29, 1.82) is 0 Å². The Morgan fingerprint density at radius 3 is 2.95 bits per heavy atom. The third-order valence-corrected chi connectivity index (χ3v) is 4.08. The van der Waals surface area contributed by atoms with Crippen LogP contribution in [0.2, 0.25) is 0 Å². The van der Waals surface area contributed by atoms with Crippen LogP contribution in [-0.2, 0) is 4.79 Å². The standard InChI is InChI=1S/C15H20BrN3O2/c1-3-18-14(20)13-9-17-6-7-19(13)15(21)12-8-11(16)5-4-10(12)2/h4-5,8,13,17H,3,6-7,9H2,1-2H3,(H,18,20). The second-order valence-electron chi connectivity index (χ2n) is 5.07. The highest BCUT2D eigenvalue weighted by Crippen LogP contribution is 2.19. The summed E-state index contributed by atoms with van der Waals surface area (Å²) in [5.74, 6) is -0.197. The first-order valence-electron chi connectivity index (χ1n) is 7.10. The van der Waals surface area contributed by atoms with E-state index in [1.165, 1.54) is 0 Å². The van der Waals surface area contributed by atoms with Crippen LogP contribution < -0.4 is 10.6 Å². The normalized spacial score (nSPS) is 18.4. The molecule has 0 bridgehead atoms. The lowest BCUT2D eigenvalue weighted by Gasteiger charge is -2.35. The highest BCUT2D eigenvalue weighted by Gasteiger charge is 2.32. The second kappa shape index (κ2) is 7.04. The fourth-order valence-electron chi connectivity index (χ4n) is 2.45. The number of nitrogens with one attached hydrogen (secondary N) is 2. The summed E-state index contributed by atoms with van der Waals surface area (Å²) >= 11 is 3.40. The number of carbonyl (C=O) groups excluding carboxylic acids is 2. The Morgan fingerprint density at radius 2 is 2.24 bits per heavy atom. The molecule has 1 heterocycles. The minimum Gasteiger partial charge on any atom is -0.355 e. The van der Waals surface area contributed by atoms with Gasteiger partial charge in [0.25, 0.3) is 5.91 Å². The Morgan fingerprint density at radius 1 is 1.48 bits per heavy atom. The number of aryl methyl sites for hydroxylation is 1. The molecule has 5 nitrogen and oxygen atoms in total. The predicted octanol–water partition coefficient (Wildman–Crippen LogP) is 1.31. The van der Waals surface area contributed by atoms with Gasteiger partial charge in [-0.25, -0.2) is 0 Å². The molecule has 1 aromatic rings. The zero-order chi connectivity index (χ0) is 15.4. The van der Waals surface area contributed by atoms with Crippen molar-refractivity contribution in [3.63, 3.8) is 0 Å². The molecule has 1 fully saturated rings. The lowest BCUT2D eigenvalue weighted by Crippen LogP contribution is -2.59. The van der Waals surface area contributed by atoms with Gasteiger partial charge in [0.15, 0.2) is 0 Å². The van der Waals surface area contributed by atoms with Crippen LogP contribution in [0, 0.1) is 6.92 Å². The Balaban J connectivity index is 2.26. The van der Waals surface area contributed by atoms with Crippen molar-refractivity contribution in [3.05, 3.63) is 33.8 Å². The lowest BCUT2D eigenvalue weighted by atomic mass is 10.1.